The summed E-state index contributed by atoms with van der Waals surface area (Å²) in [5, 5.41) is 0. The van der Waals surface area contributed by atoms with Crippen LogP contribution < -0.4 is 0 Å². The molecule has 2 unspecified atom stereocenters. The lowest BCUT2D eigenvalue weighted by Crippen LogP contribution is -2.18. The molecule has 4 nitrogen and oxygen atoms in total. The molecule has 0 rings (SSSR count). The summed E-state index contributed by atoms with van der Waals surface area (Å²) in [5.41, 5.74) is 0. The third-order valence-corrected chi connectivity index (χ3v) is 11.6. The average molecular weight is 749 g/mol. The molecule has 4 heteroatoms. The molecule has 53 heavy (non-hydrogen) atoms. The van der Waals surface area contributed by atoms with E-state index in [1.807, 2.05) is 0 Å². The molecule has 0 spiro atoms. The largest absolute Gasteiger partial charge is 0.465 e. The van der Waals surface area contributed by atoms with Gasteiger partial charge < -0.3 is 9.47 Å². The lowest BCUT2D eigenvalue weighted by atomic mass is 9.94. The molecule has 2 atom stereocenters. The molecule has 0 fully saturated rings. The molecule has 0 radical (unpaired) electrons. The standard InChI is InChI=1S/C49H96O4/c1-5-9-13-17-24-30-36-42-46(40-34-28-15-11-7-3)48(50)52-44-38-32-26-22-20-19-21-23-27-33-39-45-53-49(51)47(41-35-29-16-12-8-4)43-37-31-25-18-14-10-6-2/h46-47H,5-45H2,1-4H3. The Morgan fingerprint density at radius 3 is 0.698 bits per heavy atom. The van der Waals surface area contributed by atoms with Crippen molar-refractivity contribution in [1.29, 1.82) is 0 Å². The predicted molar refractivity (Wildman–Crippen MR) is 232 cm³/mol. The Bertz CT molecular complexity index is 676. The Balaban J connectivity index is 3.96. The Labute approximate surface area is 333 Å². The molecule has 0 aromatic rings. The van der Waals surface area contributed by atoms with Crippen molar-refractivity contribution >= 4 is 11.9 Å². The van der Waals surface area contributed by atoms with Crippen molar-refractivity contribution in [2.75, 3.05) is 13.2 Å². The van der Waals surface area contributed by atoms with Crippen LogP contribution in [0.1, 0.15) is 278 Å². The normalized spacial score (nSPS) is 12.6. The molecular formula is C49H96O4. The number of esters is 2. The molecule has 0 N–H and O–H groups in total. The highest BCUT2D eigenvalue weighted by Crippen LogP contribution is 2.23. The van der Waals surface area contributed by atoms with Crippen LogP contribution in [-0.2, 0) is 19.1 Å². The van der Waals surface area contributed by atoms with Crippen LogP contribution in [0.2, 0.25) is 0 Å². The van der Waals surface area contributed by atoms with Gasteiger partial charge >= 0.3 is 11.9 Å². The molecule has 0 aromatic heterocycles. The lowest BCUT2D eigenvalue weighted by molar-refractivity contribution is -0.150. The minimum Gasteiger partial charge on any atom is -0.465 e. The van der Waals surface area contributed by atoms with E-state index in [9.17, 15) is 9.59 Å². The third-order valence-electron chi connectivity index (χ3n) is 11.6. The molecule has 0 aliphatic rings. The topological polar surface area (TPSA) is 52.6 Å². The van der Waals surface area contributed by atoms with Crippen molar-refractivity contribution in [2.45, 2.75) is 278 Å². The number of carbonyl (C=O) groups excluding carboxylic acids is 2. The zero-order valence-corrected chi connectivity index (χ0v) is 36.8. The molecule has 0 aromatic carbocycles. The van der Waals surface area contributed by atoms with E-state index in [-0.39, 0.29) is 23.8 Å². The van der Waals surface area contributed by atoms with Gasteiger partial charge in [0.05, 0.1) is 25.0 Å². The molecule has 0 saturated heterocycles. The van der Waals surface area contributed by atoms with Gasteiger partial charge in [0.15, 0.2) is 0 Å². The van der Waals surface area contributed by atoms with E-state index in [2.05, 4.69) is 27.7 Å². The van der Waals surface area contributed by atoms with E-state index >= 15 is 0 Å². The van der Waals surface area contributed by atoms with Crippen molar-refractivity contribution < 1.29 is 19.1 Å². The van der Waals surface area contributed by atoms with Gasteiger partial charge in [0, 0.05) is 0 Å². The third kappa shape index (κ3) is 37.6. The summed E-state index contributed by atoms with van der Waals surface area (Å²) in [5.74, 6) is 0.407. The van der Waals surface area contributed by atoms with Gasteiger partial charge in [-0.3, -0.25) is 9.59 Å². The molecule has 316 valence electrons. The second kappa shape index (κ2) is 43.7. The summed E-state index contributed by atoms with van der Waals surface area (Å²) < 4.78 is 11.6. The summed E-state index contributed by atoms with van der Waals surface area (Å²) in [6.07, 6.45) is 48.3. The van der Waals surface area contributed by atoms with E-state index in [0.29, 0.717) is 13.2 Å². The van der Waals surface area contributed by atoms with E-state index in [4.69, 9.17) is 9.47 Å². The minimum atomic E-state index is 0.0841. The first-order valence-corrected chi connectivity index (χ1v) is 24.4. The van der Waals surface area contributed by atoms with Crippen LogP contribution in [0.4, 0.5) is 0 Å². The summed E-state index contributed by atoms with van der Waals surface area (Å²) >= 11 is 0. The number of ether oxygens (including phenoxy) is 2. The van der Waals surface area contributed by atoms with Crippen LogP contribution in [0.25, 0.3) is 0 Å². The fraction of sp³-hybridized carbons (Fsp3) is 0.959. The first kappa shape index (κ1) is 51.9. The number of hydrogen-bond acceptors (Lipinski definition) is 4. The van der Waals surface area contributed by atoms with E-state index < -0.39 is 0 Å². The van der Waals surface area contributed by atoms with Crippen molar-refractivity contribution in [3.8, 4) is 0 Å². The van der Waals surface area contributed by atoms with Crippen LogP contribution in [0.3, 0.4) is 0 Å². The molecule has 0 saturated carbocycles. The first-order chi connectivity index (χ1) is 26.1. The maximum atomic E-state index is 12.9. The van der Waals surface area contributed by atoms with Crippen molar-refractivity contribution in [3.05, 3.63) is 0 Å². The number of rotatable bonds is 44. The average Bonchev–Trinajstić information content (AvgIpc) is 3.16. The van der Waals surface area contributed by atoms with Gasteiger partial charge in [-0.25, -0.2) is 0 Å². The van der Waals surface area contributed by atoms with Gasteiger partial charge in [-0.1, -0.05) is 240 Å². The number of hydrogen-bond donors (Lipinski definition) is 0. The van der Waals surface area contributed by atoms with Crippen molar-refractivity contribution in [2.24, 2.45) is 11.8 Å². The van der Waals surface area contributed by atoms with Gasteiger partial charge in [0.25, 0.3) is 0 Å². The summed E-state index contributed by atoms with van der Waals surface area (Å²) in [6, 6.07) is 0. The quantitative estimate of drug-likeness (QED) is 0.0460. The molecular weight excluding hydrogens is 653 g/mol. The van der Waals surface area contributed by atoms with E-state index in [1.165, 1.54) is 212 Å². The Morgan fingerprint density at radius 1 is 0.283 bits per heavy atom. The second-order valence-electron chi connectivity index (χ2n) is 16.8. The Kier molecular flexibility index (Phi) is 42.8. The first-order valence-electron chi connectivity index (χ1n) is 24.4. The van der Waals surface area contributed by atoms with Crippen LogP contribution in [0.15, 0.2) is 0 Å². The van der Waals surface area contributed by atoms with Crippen LogP contribution in [0.5, 0.6) is 0 Å². The predicted octanol–water partition coefficient (Wildman–Crippen LogP) is 16.6. The maximum absolute atomic E-state index is 12.9. The van der Waals surface area contributed by atoms with Gasteiger partial charge in [0.2, 0.25) is 0 Å². The summed E-state index contributed by atoms with van der Waals surface area (Å²) in [7, 11) is 0. The SMILES string of the molecule is CCCCCCCCCC(CCCCCCC)C(=O)OCCCCCCCCCCCCCOC(=O)C(CCCCCCC)CCCCCCCCC. The monoisotopic (exact) mass is 749 g/mol. The number of unbranched alkanes of at least 4 members (excludes halogenated alkanes) is 30. The summed E-state index contributed by atoms with van der Waals surface area (Å²) in [4.78, 5) is 25.9. The van der Waals surface area contributed by atoms with E-state index in [0.717, 1.165) is 38.5 Å². The molecule has 0 amide bonds. The van der Waals surface area contributed by atoms with Gasteiger partial charge in [-0.2, -0.15) is 0 Å². The highest BCUT2D eigenvalue weighted by atomic mass is 16.5. The Hall–Kier alpha value is -1.06. The van der Waals surface area contributed by atoms with Crippen molar-refractivity contribution in [3.63, 3.8) is 0 Å². The van der Waals surface area contributed by atoms with E-state index in [1.54, 1.807) is 0 Å². The van der Waals surface area contributed by atoms with Gasteiger partial charge in [-0.15, -0.1) is 0 Å². The molecule has 0 aliphatic carbocycles. The zero-order valence-electron chi connectivity index (χ0n) is 36.8. The highest BCUT2D eigenvalue weighted by molar-refractivity contribution is 5.72. The second-order valence-corrected chi connectivity index (χ2v) is 16.8. The Morgan fingerprint density at radius 2 is 0.472 bits per heavy atom. The highest BCUT2D eigenvalue weighted by Gasteiger charge is 2.20. The molecule has 0 heterocycles. The van der Waals surface area contributed by atoms with Crippen LogP contribution in [-0.4, -0.2) is 25.2 Å². The fourth-order valence-electron chi connectivity index (χ4n) is 7.82. The maximum Gasteiger partial charge on any atom is 0.308 e. The molecule has 0 bridgehead atoms. The van der Waals surface area contributed by atoms with Gasteiger partial charge in [0.1, 0.15) is 0 Å². The smallest absolute Gasteiger partial charge is 0.308 e. The molecule has 0 aliphatic heterocycles. The number of carbonyl (C=O) groups is 2. The summed E-state index contributed by atoms with van der Waals surface area (Å²) in [6.45, 7) is 10.3. The van der Waals surface area contributed by atoms with Gasteiger partial charge in [-0.05, 0) is 38.5 Å². The van der Waals surface area contributed by atoms with Crippen molar-refractivity contribution in [1.82, 2.24) is 0 Å². The lowest BCUT2D eigenvalue weighted by Gasteiger charge is -2.16. The zero-order chi connectivity index (χ0) is 38.7. The van der Waals surface area contributed by atoms with Crippen LogP contribution >= 0.6 is 0 Å². The van der Waals surface area contributed by atoms with Crippen LogP contribution in [0, 0.1) is 11.8 Å². The fourth-order valence-corrected chi connectivity index (χ4v) is 7.82. The minimum absolute atomic E-state index is 0.0841.